The van der Waals surface area contributed by atoms with Crippen LogP contribution in [0.15, 0.2) is 23.4 Å². The minimum Gasteiger partial charge on any atom is -0.425 e. The van der Waals surface area contributed by atoms with Gasteiger partial charge >= 0.3 is 32.7 Å². The molecule has 0 radical (unpaired) electrons. The van der Waals surface area contributed by atoms with Gasteiger partial charge in [-0.15, -0.1) is 0 Å². The average Bonchev–Trinajstić information content (AvgIpc) is 2.87. The van der Waals surface area contributed by atoms with Crippen LogP contribution in [0.5, 0.6) is 0 Å². The summed E-state index contributed by atoms with van der Waals surface area (Å²) in [5.74, 6) is -0.192. The van der Waals surface area contributed by atoms with E-state index in [-0.39, 0.29) is 44.6 Å². The number of nitrogens with zero attached hydrogens (tertiary/aromatic N) is 3. The number of anilines is 1. The number of oxime groups is 1. The first kappa shape index (κ1) is 16.8. The predicted octanol–water partition coefficient (Wildman–Crippen LogP) is 1.90. The molecule has 108 valence electrons. The van der Waals surface area contributed by atoms with Gasteiger partial charge in [0.05, 0.1) is 11.4 Å². The number of benzene rings is 1. The van der Waals surface area contributed by atoms with Crippen molar-refractivity contribution in [3.63, 3.8) is 0 Å². The summed E-state index contributed by atoms with van der Waals surface area (Å²) >= 11 is 0. The van der Waals surface area contributed by atoms with Crippen molar-refractivity contribution >= 4 is 11.4 Å². The molecule has 0 spiro atoms. The third-order valence-electron chi connectivity index (χ3n) is 3.86. The minimum atomic E-state index is -0.192. The molecule has 6 heteroatoms. The molecule has 0 aromatic heterocycles. The third kappa shape index (κ3) is 3.82. The summed E-state index contributed by atoms with van der Waals surface area (Å²) in [5.41, 5.74) is 2.23. The molecule has 0 saturated carbocycles. The largest absolute Gasteiger partial charge is 3.00 e. The van der Waals surface area contributed by atoms with E-state index >= 15 is 0 Å². The van der Waals surface area contributed by atoms with Crippen LogP contribution in [0.3, 0.4) is 0 Å². The van der Waals surface area contributed by atoms with Crippen molar-refractivity contribution in [2.24, 2.45) is 5.16 Å². The van der Waals surface area contributed by atoms with Gasteiger partial charge in [0.1, 0.15) is 5.82 Å². The van der Waals surface area contributed by atoms with Crippen molar-refractivity contribution in [3.8, 4) is 0 Å². The maximum Gasteiger partial charge on any atom is 3.00 e. The first-order valence-electron chi connectivity index (χ1n) is 6.92. The molecular weight excluding hydrogens is 346 g/mol. The van der Waals surface area contributed by atoms with Crippen LogP contribution < -0.4 is 4.90 Å². The molecule has 1 saturated heterocycles. The van der Waals surface area contributed by atoms with Crippen molar-refractivity contribution in [1.82, 2.24) is 4.90 Å². The molecule has 3 rings (SSSR count). The van der Waals surface area contributed by atoms with E-state index in [1.807, 2.05) is 12.1 Å². The van der Waals surface area contributed by atoms with E-state index in [1.54, 1.807) is 6.07 Å². The fraction of sp³-hybridized carbons (Fsp3) is 0.467. The molecule has 2 aliphatic heterocycles. The van der Waals surface area contributed by atoms with E-state index < -0.39 is 0 Å². The number of piperazine rings is 1. The fourth-order valence-electron chi connectivity index (χ4n) is 2.59. The molecule has 1 aromatic carbocycles. The van der Waals surface area contributed by atoms with E-state index in [1.165, 1.54) is 0 Å². The number of rotatable bonds is 2. The Balaban J connectivity index is 0.00000161. The summed E-state index contributed by atoms with van der Waals surface area (Å²) in [6.45, 7) is 7.43. The number of likely N-dealkylation sites (N-methyl/N-ethyl adjacent to an activating group) is 1. The molecule has 0 N–H and O–H groups in total. The monoisotopic (exact) mass is 365 g/mol. The number of hydrogen-bond acceptors (Lipinski definition) is 4. The van der Waals surface area contributed by atoms with Crippen molar-refractivity contribution in [3.05, 3.63) is 36.5 Å². The van der Waals surface area contributed by atoms with E-state index in [9.17, 15) is 4.39 Å². The van der Waals surface area contributed by atoms with Gasteiger partial charge in [-0.05, 0) is 19.2 Å². The summed E-state index contributed by atoms with van der Waals surface area (Å²) in [5, 5.41) is 3.95. The fourth-order valence-corrected chi connectivity index (χ4v) is 2.59. The van der Waals surface area contributed by atoms with Crippen LogP contribution in [0.2, 0.25) is 0 Å². The van der Waals surface area contributed by atoms with Gasteiger partial charge in [-0.3, -0.25) is 0 Å². The zero-order valence-electron chi connectivity index (χ0n) is 12.3. The Morgan fingerprint density at radius 2 is 2.00 bits per heavy atom. The Bertz CT molecular complexity index is 530. The van der Waals surface area contributed by atoms with Crippen LogP contribution >= 0.6 is 0 Å². The van der Waals surface area contributed by atoms with E-state index in [0.717, 1.165) is 37.5 Å². The molecular formula is C15H19FN3OY+2. The quantitative estimate of drug-likeness (QED) is 0.750. The molecule has 1 fully saturated rings. The van der Waals surface area contributed by atoms with Gasteiger partial charge in [0.2, 0.25) is 0 Å². The Morgan fingerprint density at radius 1 is 1.29 bits per heavy atom. The van der Waals surface area contributed by atoms with Gasteiger partial charge in [-0.1, -0.05) is 11.2 Å². The zero-order chi connectivity index (χ0) is 14.1. The van der Waals surface area contributed by atoms with Crippen LogP contribution in [-0.4, -0.2) is 49.9 Å². The van der Waals surface area contributed by atoms with Crippen LogP contribution in [-0.2, 0) is 37.5 Å². The molecule has 0 aliphatic carbocycles. The van der Waals surface area contributed by atoms with Crippen LogP contribution in [0.25, 0.3) is 0 Å². The van der Waals surface area contributed by atoms with E-state index in [2.05, 4.69) is 28.9 Å². The second-order valence-corrected chi connectivity index (χ2v) is 5.43. The third-order valence-corrected chi connectivity index (χ3v) is 3.86. The molecule has 21 heavy (non-hydrogen) atoms. The normalized spacial score (nSPS) is 22.5. The van der Waals surface area contributed by atoms with Crippen LogP contribution in [0.4, 0.5) is 10.1 Å². The summed E-state index contributed by atoms with van der Waals surface area (Å²) < 4.78 is 14.3. The molecule has 1 atom stereocenters. The predicted molar refractivity (Wildman–Crippen MR) is 77.5 cm³/mol. The molecule has 0 bridgehead atoms. The van der Waals surface area contributed by atoms with Gasteiger partial charge in [-0.2, -0.15) is 0 Å². The van der Waals surface area contributed by atoms with E-state index in [0.29, 0.717) is 12.1 Å². The Kier molecular flexibility index (Phi) is 5.75. The summed E-state index contributed by atoms with van der Waals surface area (Å²) in [6.07, 6.45) is 0.471. The Morgan fingerprint density at radius 3 is 2.57 bits per heavy atom. The second kappa shape index (κ2) is 7.16. The first-order valence-corrected chi connectivity index (χ1v) is 6.92. The van der Waals surface area contributed by atoms with Crippen molar-refractivity contribution < 1.29 is 41.9 Å². The maximum atomic E-state index is 14.3. The number of halogens is 1. The standard InChI is InChI=1S/C15H19FN3O.Y/c1-11-9-14(17-20-11)12-3-4-15(13(16)10-12)19-7-5-18(2)6-8-19;/h3-4,10-11H,1,5-9H2,2H3;/q-1;+3. The van der Waals surface area contributed by atoms with Gasteiger partial charge in [0, 0.05) is 44.3 Å². The van der Waals surface area contributed by atoms with Crippen molar-refractivity contribution in [2.75, 3.05) is 38.1 Å². The van der Waals surface area contributed by atoms with Crippen LogP contribution in [0.1, 0.15) is 12.0 Å². The Hall–Kier alpha value is -0.516. The topological polar surface area (TPSA) is 28.1 Å². The van der Waals surface area contributed by atoms with Crippen molar-refractivity contribution in [2.45, 2.75) is 12.5 Å². The Labute approximate surface area is 150 Å². The van der Waals surface area contributed by atoms with Gasteiger partial charge in [0.15, 0.2) is 0 Å². The van der Waals surface area contributed by atoms with Gasteiger partial charge in [-0.25, -0.2) is 4.39 Å². The second-order valence-electron chi connectivity index (χ2n) is 5.43. The molecule has 1 aromatic rings. The smallest absolute Gasteiger partial charge is 0.425 e. The summed E-state index contributed by atoms with van der Waals surface area (Å²) in [6, 6.07) is 5.31. The van der Waals surface area contributed by atoms with Gasteiger partial charge in [0.25, 0.3) is 0 Å². The SMILES string of the molecule is [CH2-]C1CC(c2ccc(N3CCN(C)CC3)c(F)c2)=NO1.[Y+3]. The number of hydrogen-bond donors (Lipinski definition) is 0. The van der Waals surface area contributed by atoms with Crippen LogP contribution in [0, 0.1) is 12.7 Å². The molecule has 4 nitrogen and oxygen atoms in total. The van der Waals surface area contributed by atoms with Gasteiger partial charge < -0.3 is 21.6 Å². The minimum absolute atomic E-state index is 0. The molecule has 1 unspecified atom stereocenters. The summed E-state index contributed by atoms with van der Waals surface area (Å²) in [4.78, 5) is 9.40. The molecule has 2 heterocycles. The zero-order valence-corrected chi connectivity index (χ0v) is 15.1. The first-order chi connectivity index (χ1) is 9.63. The van der Waals surface area contributed by atoms with Crippen molar-refractivity contribution in [1.29, 1.82) is 0 Å². The molecule has 0 amide bonds. The van der Waals surface area contributed by atoms with E-state index in [4.69, 9.17) is 4.84 Å². The summed E-state index contributed by atoms with van der Waals surface area (Å²) in [7, 11) is 2.09. The molecule has 2 aliphatic rings. The average molecular weight is 365 g/mol. The maximum absolute atomic E-state index is 14.3.